The second-order valence-electron chi connectivity index (χ2n) is 15.8. The van der Waals surface area contributed by atoms with Gasteiger partial charge in [0.2, 0.25) is 0 Å². The van der Waals surface area contributed by atoms with Gasteiger partial charge in [-0.05, 0) is 132 Å². The van der Waals surface area contributed by atoms with E-state index in [4.69, 9.17) is 20.2 Å². The van der Waals surface area contributed by atoms with E-state index >= 15 is 0 Å². The monoisotopic (exact) mass is 682 g/mol. The average Bonchev–Trinajstić information content (AvgIpc) is 3.09. The zero-order valence-electron chi connectivity index (χ0n) is 29.8. The molecule has 6 N–H and O–H groups in total. The number of esters is 1. The largest absolute Gasteiger partial charge is 0.504 e. The number of aliphatic hydroxyl groups is 1. The van der Waals surface area contributed by atoms with Crippen molar-refractivity contribution in [3.05, 3.63) is 23.8 Å². The number of fused-ring (bicyclic) bond motifs is 5. The summed E-state index contributed by atoms with van der Waals surface area (Å²) in [5.74, 6) is 2.60. The molecule has 6 aliphatic rings. The third-order valence-corrected chi connectivity index (χ3v) is 11.8. The first kappa shape index (κ1) is 36.2. The van der Waals surface area contributed by atoms with Gasteiger partial charge in [-0.1, -0.05) is 12.5 Å². The molecule has 4 fully saturated rings. The third kappa shape index (κ3) is 10.2. The van der Waals surface area contributed by atoms with Gasteiger partial charge in [0.05, 0.1) is 11.8 Å². The van der Waals surface area contributed by atoms with Crippen LogP contribution in [0.3, 0.4) is 0 Å². The van der Waals surface area contributed by atoms with Crippen LogP contribution in [0, 0.1) is 17.8 Å². The number of nitrogens with two attached hydrogens (primary N) is 1. The van der Waals surface area contributed by atoms with Crippen LogP contribution in [-0.2, 0) is 16.0 Å². The van der Waals surface area contributed by atoms with E-state index in [2.05, 4.69) is 20.4 Å². The number of phenolic OH excluding ortho intramolecular Hbond substituents is 1. The van der Waals surface area contributed by atoms with Crippen LogP contribution in [0.25, 0.3) is 0 Å². The minimum Gasteiger partial charge on any atom is -0.504 e. The summed E-state index contributed by atoms with van der Waals surface area (Å²) >= 11 is 0. The Morgan fingerprint density at radius 3 is 2.57 bits per heavy atom. The Morgan fingerprint density at radius 1 is 1.08 bits per heavy atom. The summed E-state index contributed by atoms with van der Waals surface area (Å²) in [6.45, 7) is 9.60. The number of benzene rings is 1. The average molecular weight is 683 g/mol. The Labute approximate surface area is 293 Å². The molecular formula is C38H62N6O5. The molecule has 7 rings (SSSR count). The van der Waals surface area contributed by atoms with Gasteiger partial charge in [-0.25, -0.2) is 0 Å². The standard InChI is InChI=1S/C38H62N6O5/c1-27(45)48-34(9-6-28-7-10-35(47)36(20-28)49-33-11-16-40-17-12-33)21-32(46)8-5-29-13-18-43-23-30-19-31(24-43)26-44(25-30)38(14-3-2-4-15-38)42-37(39)41-22-29/h7,10,20,29-34,40,46-47H,2-6,8-9,11-19,21-26H2,1H3,(H3,39,41,42). The van der Waals surface area contributed by atoms with Crippen molar-refractivity contribution in [2.45, 2.75) is 121 Å². The Balaban J connectivity index is 1.05. The zero-order chi connectivity index (χ0) is 34.2. The number of aryl methyl sites for hydroxylation is 1. The number of hydrogen-bond donors (Lipinski definition) is 5. The number of aromatic hydroxyl groups is 1. The van der Waals surface area contributed by atoms with Gasteiger partial charge in [0.25, 0.3) is 0 Å². The minimum atomic E-state index is -0.586. The Hall–Kier alpha value is -2.60. The smallest absolute Gasteiger partial charge is 0.302 e. The molecule has 0 radical (unpaired) electrons. The molecule has 274 valence electrons. The van der Waals surface area contributed by atoms with E-state index in [9.17, 15) is 15.0 Å². The Kier molecular flexibility index (Phi) is 12.6. The molecule has 5 aliphatic heterocycles. The van der Waals surface area contributed by atoms with Crippen molar-refractivity contribution in [3.63, 3.8) is 0 Å². The number of nitrogens with zero attached hydrogens (tertiary/aromatic N) is 3. The molecular weight excluding hydrogens is 620 g/mol. The number of ether oxygens (including phenoxy) is 2. The third-order valence-electron chi connectivity index (χ3n) is 11.8. The van der Waals surface area contributed by atoms with Crippen LogP contribution in [0.2, 0.25) is 0 Å². The first-order valence-corrected chi connectivity index (χ1v) is 19.3. The van der Waals surface area contributed by atoms with Crippen molar-refractivity contribution in [3.8, 4) is 11.5 Å². The van der Waals surface area contributed by atoms with Crippen molar-refractivity contribution in [2.75, 3.05) is 52.4 Å². The number of nitrogens with one attached hydrogen (secondary N) is 2. The number of rotatable bonds is 11. The molecule has 49 heavy (non-hydrogen) atoms. The highest BCUT2D eigenvalue weighted by atomic mass is 16.5. The van der Waals surface area contributed by atoms with Gasteiger partial charge in [0.15, 0.2) is 17.5 Å². The van der Waals surface area contributed by atoms with Gasteiger partial charge in [0.1, 0.15) is 12.2 Å². The van der Waals surface area contributed by atoms with E-state index in [1.165, 1.54) is 45.7 Å². The summed E-state index contributed by atoms with van der Waals surface area (Å²) in [4.78, 5) is 22.4. The molecule has 1 aromatic carbocycles. The van der Waals surface area contributed by atoms with Crippen LogP contribution < -0.4 is 21.1 Å². The predicted molar refractivity (Wildman–Crippen MR) is 192 cm³/mol. The number of phenols is 1. The highest BCUT2D eigenvalue weighted by molar-refractivity contribution is 5.78. The fraction of sp³-hybridized carbons (Fsp3) is 0.789. The molecule has 5 unspecified atom stereocenters. The fourth-order valence-corrected chi connectivity index (χ4v) is 9.31. The highest BCUT2D eigenvalue weighted by Gasteiger charge is 2.44. The number of carbonyl (C=O) groups excluding carboxylic acids is 1. The number of hydrogen-bond acceptors (Lipinski definition) is 11. The van der Waals surface area contributed by atoms with Crippen molar-refractivity contribution in [1.29, 1.82) is 0 Å². The predicted octanol–water partition coefficient (Wildman–Crippen LogP) is 3.76. The minimum absolute atomic E-state index is 0.0712. The number of carbonyl (C=O) groups is 1. The van der Waals surface area contributed by atoms with Gasteiger partial charge < -0.3 is 41.0 Å². The first-order valence-electron chi connectivity index (χ1n) is 19.3. The van der Waals surface area contributed by atoms with Gasteiger partial charge in [-0.2, -0.15) is 0 Å². The van der Waals surface area contributed by atoms with E-state index in [-0.39, 0.29) is 23.5 Å². The van der Waals surface area contributed by atoms with Gasteiger partial charge in [-0.15, -0.1) is 0 Å². The van der Waals surface area contributed by atoms with Crippen LogP contribution in [0.15, 0.2) is 23.2 Å². The van der Waals surface area contributed by atoms with Gasteiger partial charge in [-0.3, -0.25) is 14.7 Å². The molecule has 0 amide bonds. The van der Waals surface area contributed by atoms with Crippen molar-refractivity contribution >= 4 is 11.9 Å². The summed E-state index contributed by atoms with van der Waals surface area (Å²) in [5, 5.41) is 28.7. The molecule has 1 saturated carbocycles. The van der Waals surface area contributed by atoms with E-state index in [1.54, 1.807) is 6.07 Å². The molecule has 11 nitrogen and oxygen atoms in total. The van der Waals surface area contributed by atoms with Crippen molar-refractivity contribution in [2.24, 2.45) is 28.5 Å². The van der Waals surface area contributed by atoms with E-state index in [0.717, 1.165) is 76.8 Å². The second-order valence-corrected chi connectivity index (χ2v) is 15.8. The normalized spacial score (nSPS) is 30.2. The molecule has 4 bridgehead atoms. The van der Waals surface area contributed by atoms with E-state index in [1.807, 2.05) is 12.1 Å². The van der Waals surface area contributed by atoms with Crippen LogP contribution >= 0.6 is 0 Å². The summed E-state index contributed by atoms with van der Waals surface area (Å²) in [5.41, 5.74) is 7.56. The lowest BCUT2D eigenvalue weighted by atomic mass is 9.80. The highest BCUT2D eigenvalue weighted by Crippen LogP contribution is 2.38. The van der Waals surface area contributed by atoms with E-state index < -0.39 is 12.2 Å². The second kappa shape index (κ2) is 17.1. The molecule has 1 aliphatic carbocycles. The molecule has 5 atom stereocenters. The summed E-state index contributed by atoms with van der Waals surface area (Å²) in [6.07, 6.45) is 12.4. The van der Waals surface area contributed by atoms with Crippen LogP contribution in [0.4, 0.5) is 0 Å². The first-order chi connectivity index (χ1) is 23.7. The van der Waals surface area contributed by atoms with Crippen LogP contribution in [0.5, 0.6) is 11.5 Å². The number of piperidine rings is 3. The quantitative estimate of drug-likeness (QED) is 0.219. The molecule has 11 heteroatoms. The number of aliphatic hydroxyl groups excluding tert-OH is 1. The Bertz CT molecular complexity index is 1240. The molecule has 3 saturated heterocycles. The lowest BCUT2D eigenvalue weighted by molar-refractivity contribution is -0.148. The topological polar surface area (TPSA) is 145 Å². The maximum atomic E-state index is 12.0. The molecule has 0 aromatic heterocycles. The van der Waals surface area contributed by atoms with E-state index in [0.29, 0.717) is 61.7 Å². The Morgan fingerprint density at radius 2 is 1.84 bits per heavy atom. The van der Waals surface area contributed by atoms with Crippen molar-refractivity contribution < 1.29 is 24.5 Å². The summed E-state index contributed by atoms with van der Waals surface area (Å²) in [7, 11) is 0. The SMILES string of the molecule is CC(=O)OC(CCc1ccc(O)c(OC2CCNCC2)c1)CC(O)CCC1CCN2CC3CC(C2)CN(C3)C2(CCCCC2)NC(N)=NC1. The van der Waals surface area contributed by atoms with Crippen LogP contribution in [0.1, 0.15) is 96.0 Å². The lowest BCUT2D eigenvalue weighted by Crippen LogP contribution is -2.67. The number of aliphatic imine (C=N–C) groups is 1. The number of guanidine groups is 1. The summed E-state index contributed by atoms with van der Waals surface area (Å²) in [6, 6.07) is 5.46. The molecule has 1 aromatic rings. The maximum absolute atomic E-state index is 12.0. The van der Waals surface area contributed by atoms with Crippen molar-refractivity contribution in [1.82, 2.24) is 20.4 Å². The molecule has 1 spiro atoms. The molecule has 5 heterocycles. The zero-order valence-corrected chi connectivity index (χ0v) is 29.8. The van der Waals surface area contributed by atoms with Gasteiger partial charge in [0, 0.05) is 46.1 Å². The van der Waals surface area contributed by atoms with Crippen LogP contribution in [-0.4, -0.2) is 108 Å². The fourth-order valence-electron chi connectivity index (χ4n) is 9.31. The van der Waals surface area contributed by atoms with Gasteiger partial charge >= 0.3 is 5.97 Å². The maximum Gasteiger partial charge on any atom is 0.302 e. The lowest BCUT2D eigenvalue weighted by Gasteiger charge is -2.54. The summed E-state index contributed by atoms with van der Waals surface area (Å²) < 4.78 is 11.8.